The molecule has 0 fully saturated rings. The maximum atomic E-state index is 12.7. The van der Waals surface area contributed by atoms with Gasteiger partial charge in [-0.3, -0.25) is 14.3 Å². The van der Waals surface area contributed by atoms with E-state index in [1.807, 2.05) is 43.3 Å². The normalized spacial score (nSPS) is 12.0. The molecule has 0 heterocycles. The van der Waals surface area contributed by atoms with Crippen LogP contribution in [0.1, 0.15) is 21.5 Å². The smallest absolute Gasteiger partial charge is 0.261 e. The zero-order valence-corrected chi connectivity index (χ0v) is 17.7. The first kappa shape index (κ1) is 22.0. The van der Waals surface area contributed by atoms with Crippen molar-refractivity contribution in [1.29, 1.82) is 0 Å². The fraction of sp³-hybridized carbons (Fsp3) is 0.130. The van der Waals surface area contributed by atoms with Gasteiger partial charge >= 0.3 is 0 Å². The molecule has 1 unspecified atom stereocenters. The lowest BCUT2D eigenvalue weighted by molar-refractivity contribution is -0.119. The lowest BCUT2D eigenvalue weighted by Gasteiger charge is -2.16. The molecule has 0 saturated carbocycles. The topological polar surface area (TPSA) is 118 Å². The van der Waals surface area contributed by atoms with Gasteiger partial charge in [-0.1, -0.05) is 48.5 Å². The SMILES string of the molecule is Cc1cccc(NS(=O)(=O)c2cccc(C(=O)NC(Cc3ccccc3)C(N)=O)c2)c1. The molecule has 0 aromatic heterocycles. The van der Waals surface area contributed by atoms with E-state index in [0.717, 1.165) is 11.1 Å². The number of rotatable bonds is 8. The van der Waals surface area contributed by atoms with Crippen LogP contribution in [0.25, 0.3) is 0 Å². The monoisotopic (exact) mass is 437 g/mol. The van der Waals surface area contributed by atoms with Gasteiger partial charge in [0.2, 0.25) is 5.91 Å². The molecule has 0 radical (unpaired) electrons. The van der Waals surface area contributed by atoms with Crippen LogP contribution in [0, 0.1) is 6.92 Å². The molecule has 3 aromatic rings. The summed E-state index contributed by atoms with van der Waals surface area (Å²) in [6.45, 7) is 1.85. The molecular weight excluding hydrogens is 414 g/mol. The van der Waals surface area contributed by atoms with Crippen LogP contribution in [0.5, 0.6) is 0 Å². The number of anilines is 1. The molecule has 160 valence electrons. The molecule has 0 saturated heterocycles. The van der Waals surface area contributed by atoms with Crippen LogP contribution in [-0.2, 0) is 21.2 Å². The largest absolute Gasteiger partial charge is 0.368 e. The van der Waals surface area contributed by atoms with Gasteiger partial charge in [-0.05, 0) is 48.4 Å². The number of hydrogen-bond donors (Lipinski definition) is 3. The third-order valence-electron chi connectivity index (χ3n) is 4.61. The van der Waals surface area contributed by atoms with Gasteiger partial charge in [0.1, 0.15) is 6.04 Å². The second-order valence-electron chi connectivity index (χ2n) is 7.12. The molecule has 0 aliphatic carbocycles. The molecular formula is C23H23N3O4S. The first-order valence-electron chi connectivity index (χ1n) is 9.58. The molecule has 4 N–H and O–H groups in total. The van der Waals surface area contributed by atoms with Crippen molar-refractivity contribution in [2.75, 3.05) is 4.72 Å². The van der Waals surface area contributed by atoms with Crippen LogP contribution >= 0.6 is 0 Å². The van der Waals surface area contributed by atoms with Crippen molar-refractivity contribution in [3.05, 3.63) is 95.6 Å². The lowest BCUT2D eigenvalue weighted by Crippen LogP contribution is -2.45. The van der Waals surface area contributed by atoms with Gasteiger partial charge in [0.25, 0.3) is 15.9 Å². The Labute approximate surface area is 181 Å². The average molecular weight is 438 g/mol. The van der Waals surface area contributed by atoms with Crippen LogP contribution in [0.3, 0.4) is 0 Å². The number of nitrogens with two attached hydrogens (primary N) is 1. The molecule has 2 amide bonds. The van der Waals surface area contributed by atoms with E-state index in [4.69, 9.17) is 5.73 Å². The molecule has 0 bridgehead atoms. The first-order chi connectivity index (χ1) is 14.7. The van der Waals surface area contributed by atoms with Gasteiger partial charge in [-0.25, -0.2) is 8.42 Å². The number of primary amides is 1. The van der Waals surface area contributed by atoms with E-state index >= 15 is 0 Å². The average Bonchev–Trinajstić information content (AvgIpc) is 2.73. The first-order valence-corrected chi connectivity index (χ1v) is 11.1. The molecule has 8 heteroatoms. The molecule has 0 spiro atoms. The van der Waals surface area contributed by atoms with Gasteiger partial charge in [0.05, 0.1) is 4.90 Å². The Hall–Kier alpha value is -3.65. The quantitative estimate of drug-likeness (QED) is 0.502. The van der Waals surface area contributed by atoms with Crippen molar-refractivity contribution in [2.45, 2.75) is 24.3 Å². The summed E-state index contributed by atoms with van der Waals surface area (Å²) in [5.74, 6) is -1.27. The molecule has 3 rings (SSSR count). The highest BCUT2D eigenvalue weighted by atomic mass is 32.2. The number of carbonyl (C=O) groups excluding carboxylic acids is 2. The predicted octanol–water partition coefficient (Wildman–Crippen LogP) is 2.62. The highest BCUT2D eigenvalue weighted by Crippen LogP contribution is 2.18. The summed E-state index contributed by atoms with van der Waals surface area (Å²) >= 11 is 0. The third-order valence-corrected chi connectivity index (χ3v) is 5.99. The number of nitrogens with one attached hydrogen (secondary N) is 2. The van der Waals surface area contributed by atoms with Crippen molar-refractivity contribution in [2.24, 2.45) is 5.73 Å². The van der Waals surface area contributed by atoms with Crippen molar-refractivity contribution >= 4 is 27.5 Å². The summed E-state index contributed by atoms with van der Waals surface area (Å²) in [7, 11) is -3.90. The fourth-order valence-corrected chi connectivity index (χ4v) is 4.14. The van der Waals surface area contributed by atoms with Crippen molar-refractivity contribution in [1.82, 2.24) is 5.32 Å². The Kier molecular flexibility index (Phi) is 6.71. The summed E-state index contributed by atoms with van der Waals surface area (Å²) in [5.41, 5.74) is 7.72. The number of sulfonamides is 1. The second kappa shape index (κ2) is 9.44. The highest BCUT2D eigenvalue weighted by Gasteiger charge is 2.21. The van der Waals surface area contributed by atoms with Crippen molar-refractivity contribution in [3.63, 3.8) is 0 Å². The molecule has 31 heavy (non-hydrogen) atoms. The molecule has 3 aromatic carbocycles. The second-order valence-corrected chi connectivity index (χ2v) is 8.80. The molecule has 1 atom stereocenters. The van der Waals surface area contributed by atoms with Gasteiger partial charge in [0.15, 0.2) is 0 Å². The molecule has 0 aliphatic heterocycles. The number of amides is 2. The number of carbonyl (C=O) groups is 2. The Balaban J connectivity index is 1.78. The van der Waals surface area contributed by atoms with Crippen molar-refractivity contribution in [3.8, 4) is 0 Å². The standard InChI is InChI=1S/C23H23N3O4S/c1-16-7-5-11-19(13-16)26-31(29,30)20-12-6-10-18(15-20)23(28)25-21(22(24)27)14-17-8-3-2-4-9-17/h2-13,15,21,26H,14H2,1H3,(H2,24,27)(H,25,28). The zero-order chi connectivity index (χ0) is 22.4. The lowest BCUT2D eigenvalue weighted by atomic mass is 10.0. The van der Waals surface area contributed by atoms with E-state index in [1.165, 1.54) is 24.3 Å². The van der Waals surface area contributed by atoms with Crippen LogP contribution in [0.2, 0.25) is 0 Å². The third kappa shape index (κ3) is 5.93. The minimum absolute atomic E-state index is 0.0691. The van der Waals surface area contributed by atoms with Crippen LogP contribution in [0.15, 0.2) is 83.8 Å². The van der Waals surface area contributed by atoms with Crippen molar-refractivity contribution < 1.29 is 18.0 Å². The number of benzene rings is 3. The van der Waals surface area contributed by atoms with Gasteiger partial charge in [-0.2, -0.15) is 0 Å². The van der Waals surface area contributed by atoms with E-state index in [9.17, 15) is 18.0 Å². The summed E-state index contributed by atoms with van der Waals surface area (Å²) in [6, 6.07) is 20.8. The van der Waals surface area contributed by atoms with E-state index < -0.39 is 27.9 Å². The summed E-state index contributed by atoms with van der Waals surface area (Å²) in [4.78, 5) is 24.5. The Bertz CT molecular complexity index is 1190. The summed E-state index contributed by atoms with van der Waals surface area (Å²) in [6.07, 6.45) is 0.231. The van der Waals surface area contributed by atoms with E-state index in [2.05, 4.69) is 10.0 Å². The number of aryl methyl sites for hydroxylation is 1. The maximum absolute atomic E-state index is 12.7. The summed E-state index contributed by atoms with van der Waals surface area (Å²) < 4.78 is 28.0. The Morgan fingerprint density at radius 2 is 1.65 bits per heavy atom. The predicted molar refractivity (Wildman–Crippen MR) is 119 cm³/mol. The van der Waals surface area contributed by atoms with E-state index in [-0.39, 0.29) is 16.9 Å². The van der Waals surface area contributed by atoms with Crippen LogP contribution < -0.4 is 15.8 Å². The molecule has 7 nitrogen and oxygen atoms in total. The van der Waals surface area contributed by atoms with Crippen LogP contribution in [-0.4, -0.2) is 26.3 Å². The Morgan fingerprint density at radius 1 is 0.935 bits per heavy atom. The van der Waals surface area contributed by atoms with Crippen LogP contribution in [0.4, 0.5) is 5.69 Å². The Morgan fingerprint density at radius 3 is 2.32 bits per heavy atom. The number of hydrogen-bond acceptors (Lipinski definition) is 4. The molecule has 0 aliphatic rings. The highest BCUT2D eigenvalue weighted by molar-refractivity contribution is 7.92. The van der Waals surface area contributed by atoms with Gasteiger partial charge in [0, 0.05) is 17.7 Å². The van der Waals surface area contributed by atoms with E-state index in [1.54, 1.807) is 18.2 Å². The van der Waals surface area contributed by atoms with Gasteiger partial charge in [-0.15, -0.1) is 0 Å². The minimum atomic E-state index is -3.90. The zero-order valence-electron chi connectivity index (χ0n) is 16.9. The summed E-state index contributed by atoms with van der Waals surface area (Å²) in [5, 5.41) is 2.59. The van der Waals surface area contributed by atoms with E-state index in [0.29, 0.717) is 5.69 Å². The van der Waals surface area contributed by atoms with Gasteiger partial charge < -0.3 is 11.1 Å². The fourth-order valence-electron chi connectivity index (χ4n) is 3.04. The maximum Gasteiger partial charge on any atom is 0.261 e. The minimum Gasteiger partial charge on any atom is -0.368 e.